The predicted molar refractivity (Wildman–Crippen MR) is 62.3 cm³/mol. The van der Waals surface area contributed by atoms with Crippen LogP contribution < -0.4 is 5.32 Å². The quantitative estimate of drug-likeness (QED) is 0.773. The first-order valence-corrected chi connectivity index (χ1v) is 5.20. The van der Waals surface area contributed by atoms with Crippen molar-refractivity contribution in [3.05, 3.63) is 22.3 Å². The Kier molecular flexibility index (Phi) is 3.58. The van der Waals surface area contributed by atoms with Crippen LogP contribution in [0.5, 0.6) is 0 Å². The van der Waals surface area contributed by atoms with Gasteiger partial charge in [-0.3, -0.25) is 4.79 Å². The monoisotopic (exact) mass is 246 g/mol. The van der Waals surface area contributed by atoms with Crippen molar-refractivity contribution in [2.75, 3.05) is 5.32 Å². The molecule has 0 aliphatic carbocycles. The van der Waals surface area contributed by atoms with Crippen molar-refractivity contribution in [2.45, 2.75) is 20.8 Å². The number of nitrogens with zero attached hydrogens (tertiary/aromatic N) is 1. The second-order valence-electron chi connectivity index (χ2n) is 4.17. The van der Waals surface area contributed by atoms with Crippen LogP contribution in [0.2, 0.25) is 10.2 Å². The zero-order valence-electron chi connectivity index (χ0n) is 8.77. The maximum Gasteiger partial charge on any atom is 0.230 e. The van der Waals surface area contributed by atoms with Crippen LogP contribution in [0.1, 0.15) is 20.8 Å². The van der Waals surface area contributed by atoms with E-state index >= 15 is 0 Å². The summed E-state index contributed by atoms with van der Waals surface area (Å²) < 4.78 is 0. The van der Waals surface area contributed by atoms with Crippen molar-refractivity contribution < 1.29 is 4.79 Å². The number of carbonyl (C=O) groups excluding carboxylic acids is 1. The fourth-order valence-electron chi connectivity index (χ4n) is 0.791. The molecule has 0 aromatic carbocycles. The van der Waals surface area contributed by atoms with E-state index in [-0.39, 0.29) is 11.1 Å². The van der Waals surface area contributed by atoms with Crippen molar-refractivity contribution in [2.24, 2.45) is 5.41 Å². The molecular formula is C10H12Cl2N2O. The van der Waals surface area contributed by atoms with Crippen molar-refractivity contribution in [1.82, 2.24) is 4.98 Å². The molecule has 3 nitrogen and oxygen atoms in total. The zero-order valence-corrected chi connectivity index (χ0v) is 10.3. The fourth-order valence-corrected chi connectivity index (χ4v) is 1.05. The third kappa shape index (κ3) is 3.36. The Morgan fingerprint density at radius 1 is 1.33 bits per heavy atom. The minimum atomic E-state index is -0.464. The Labute approximate surface area is 98.8 Å². The largest absolute Gasteiger partial charge is 0.310 e. The standard InChI is InChI=1S/C10H12Cl2N2O/c1-10(2,3)9(15)14-7-5-4-6(11)8(12)13-7/h4-5H,1-3H3,(H,13,14,15). The molecule has 0 aliphatic rings. The van der Waals surface area contributed by atoms with Gasteiger partial charge in [-0.05, 0) is 12.1 Å². The molecule has 1 N–H and O–H groups in total. The highest BCUT2D eigenvalue weighted by Crippen LogP contribution is 2.22. The Balaban J connectivity index is 2.83. The number of aromatic nitrogens is 1. The minimum absolute atomic E-state index is 0.117. The summed E-state index contributed by atoms with van der Waals surface area (Å²) in [6.07, 6.45) is 0. The first kappa shape index (κ1) is 12.3. The van der Waals surface area contributed by atoms with E-state index in [0.717, 1.165) is 0 Å². The topological polar surface area (TPSA) is 42.0 Å². The molecule has 0 fully saturated rings. The van der Waals surface area contributed by atoms with E-state index < -0.39 is 5.41 Å². The maximum atomic E-state index is 11.6. The van der Waals surface area contributed by atoms with Gasteiger partial charge in [-0.1, -0.05) is 44.0 Å². The SMILES string of the molecule is CC(C)(C)C(=O)Nc1ccc(Cl)c(Cl)n1. The summed E-state index contributed by atoms with van der Waals surface area (Å²) >= 11 is 11.4. The molecule has 1 heterocycles. The summed E-state index contributed by atoms with van der Waals surface area (Å²) in [4.78, 5) is 15.5. The minimum Gasteiger partial charge on any atom is -0.310 e. The number of pyridine rings is 1. The average Bonchev–Trinajstić information content (AvgIpc) is 2.10. The fraction of sp³-hybridized carbons (Fsp3) is 0.400. The van der Waals surface area contributed by atoms with Crippen LogP contribution in [0.15, 0.2) is 12.1 Å². The Hall–Kier alpha value is -0.800. The molecule has 0 saturated carbocycles. The Bertz CT molecular complexity index is 385. The summed E-state index contributed by atoms with van der Waals surface area (Å²) in [5.41, 5.74) is -0.464. The molecule has 1 aromatic heterocycles. The molecule has 0 saturated heterocycles. The zero-order chi connectivity index (χ0) is 11.6. The van der Waals surface area contributed by atoms with Gasteiger partial charge >= 0.3 is 0 Å². The number of carbonyl (C=O) groups is 1. The van der Waals surface area contributed by atoms with Gasteiger partial charge in [-0.25, -0.2) is 4.98 Å². The molecule has 5 heteroatoms. The predicted octanol–water partition coefficient (Wildman–Crippen LogP) is 3.37. The van der Waals surface area contributed by atoms with Gasteiger partial charge in [0.15, 0.2) is 0 Å². The van der Waals surface area contributed by atoms with Gasteiger partial charge in [0.05, 0.1) is 5.02 Å². The molecule has 15 heavy (non-hydrogen) atoms. The molecule has 1 rings (SSSR count). The molecule has 0 aliphatic heterocycles. The van der Waals surface area contributed by atoms with Gasteiger partial charge in [0, 0.05) is 5.41 Å². The Morgan fingerprint density at radius 2 is 1.93 bits per heavy atom. The second kappa shape index (κ2) is 4.37. The summed E-state index contributed by atoms with van der Waals surface area (Å²) in [5, 5.41) is 3.21. The molecule has 0 spiro atoms. The smallest absolute Gasteiger partial charge is 0.230 e. The lowest BCUT2D eigenvalue weighted by atomic mass is 9.96. The van der Waals surface area contributed by atoms with Crippen molar-refractivity contribution in [3.8, 4) is 0 Å². The summed E-state index contributed by atoms with van der Waals surface area (Å²) in [6, 6.07) is 3.20. The first-order chi connectivity index (χ1) is 6.80. The van der Waals surface area contributed by atoms with E-state index in [1.54, 1.807) is 12.1 Å². The van der Waals surface area contributed by atoms with E-state index in [1.165, 1.54) is 0 Å². The van der Waals surface area contributed by atoms with Crippen LogP contribution in [0.4, 0.5) is 5.82 Å². The van der Waals surface area contributed by atoms with Gasteiger partial charge in [-0.15, -0.1) is 0 Å². The van der Waals surface area contributed by atoms with Gasteiger partial charge < -0.3 is 5.32 Å². The number of anilines is 1. The van der Waals surface area contributed by atoms with Crippen molar-refractivity contribution >= 4 is 34.9 Å². The second-order valence-corrected chi connectivity index (χ2v) is 4.94. The van der Waals surface area contributed by atoms with E-state index in [4.69, 9.17) is 23.2 Å². The van der Waals surface area contributed by atoms with Gasteiger partial charge in [-0.2, -0.15) is 0 Å². The van der Waals surface area contributed by atoms with Crippen molar-refractivity contribution in [1.29, 1.82) is 0 Å². The highest BCUT2D eigenvalue weighted by atomic mass is 35.5. The highest BCUT2D eigenvalue weighted by Gasteiger charge is 2.21. The van der Waals surface area contributed by atoms with E-state index in [0.29, 0.717) is 10.8 Å². The molecule has 0 radical (unpaired) electrons. The van der Waals surface area contributed by atoms with Crippen LogP contribution in [-0.2, 0) is 4.79 Å². The third-order valence-corrected chi connectivity index (χ3v) is 2.42. The lowest BCUT2D eigenvalue weighted by Crippen LogP contribution is -2.28. The summed E-state index contributed by atoms with van der Waals surface area (Å²) in [6.45, 7) is 5.46. The molecule has 82 valence electrons. The van der Waals surface area contributed by atoms with Gasteiger partial charge in [0.1, 0.15) is 11.0 Å². The molecule has 0 bridgehead atoms. The van der Waals surface area contributed by atoms with E-state index in [9.17, 15) is 4.79 Å². The van der Waals surface area contributed by atoms with Crippen LogP contribution in [0.3, 0.4) is 0 Å². The third-order valence-electron chi connectivity index (χ3n) is 1.73. The maximum absolute atomic E-state index is 11.6. The lowest BCUT2D eigenvalue weighted by molar-refractivity contribution is -0.123. The normalized spacial score (nSPS) is 11.3. The van der Waals surface area contributed by atoms with E-state index in [2.05, 4.69) is 10.3 Å². The molecule has 0 unspecified atom stereocenters. The van der Waals surface area contributed by atoms with Crippen LogP contribution in [0, 0.1) is 5.41 Å². The van der Waals surface area contributed by atoms with Crippen LogP contribution in [0.25, 0.3) is 0 Å². The molecule has 1 aromatic rings. The first-order valence-electron chi connectivity index (χ1n) is 4.44. The highest BCUT2D eigenvalue weighted by molar-refractivity contribution is 6.41. The molecular weight excluding hydrogens is 235 g/mol. The average molecular weight is 247 g/mol. The number of hydrogen-bond acceptors (Lipinski definition) is 2. The van der Waals surface area contributed by atoms with E-state index in [1.807, 2.05) is 20.8 Å². The van der Waals surface area contributed by atoms with Gasteiger partial charge in [0.25, 0.3) is 0 Å². The molecule has 1 amide bonds. The number of nitrogens with one attached hydrogen (secondary N) is 1. The van der Waals surface area contributed by atoms with Crippen LogP contribution in [-0.4, -0.2) is 10.9 Å². The van der Waals surface area contributed by atoms with Gasteiger partial charge in [0.2, 0.25) is 5.91 Å². The van der Waals surface area contributed by atoms with Crippen LogP contribution >= 0.6 is 23.2 Å². The summed E-state index contributed by atoms with van der Waals surface area (Å²) in [7, 11) is 0. The molecule has 0 atom stereocenters. The number of amides is 1. The van der Waals surface area contributed by atoms with Crippen molar-refractivity contribution in [3.63, 3.8) is 0 Å². The summed E-state index contributed by atoms with van der Waals surface area (Å²) in [5.74, 6) is 0.290. The lowest BCUT2D eigenvalue weighted by Gasteiger charge is -2.17. The Morgan fingerprint density at radius 3 is 2.40 bits per heavy atom. The number of rotatable bonds is 1. The number of hydrogen-bond donors (Lipinski definition) is 1. The number of halogens is 2.